The predicted molar refractivity (Wildman–Crippen MR) is 83.2 cm³/mol. The standard InChI is InChI=1S/C16H28N2O2/c1-13(18-15(12-19-2)8-6-10-17)11-14-7-4-5-9-16(14)20-3/h4-5,7,9,13,15,18H,6,8,10-12,17H2,1-3H3. The van der Waals surface area contributed by atoms with Gasteiger partial charge >= 0.3 is 0 Å². The molecule has 0 aliphatic heterocycles. The summed E-state index contributed by atoms with van der Waals surface area (Å²) in [5.74, 6) is 0.950. The molecule has 0 bridgehead atoms. The molecule has 114 valence electrons. The number of hydrogen-bond acceptors (Lipinski definition) is 4. The molecule has 0 heterocycles. The van der Waals surface area contributed by atoms with Crippen LogP contribution in [0.1, 0.15) is 25.3 Å². The van der Waals surface area contributed by atoms with Crippen LogP contribution in [0.15, 0.2) is 24.3 Å². The monoisotopic (exact) mass is 280 g/mol. The molecule has 0 aliphatic rings. The summed E-state index contributed by atoms with van der Waals surface area (Å²) in [7, 11) is 3.45. The highest BCUT2D eigenvalue weighted by Gasteiger charge is 2.13. The number of benzene rings is 1. The second-order valence-electron chi connectivity index (χ2n) is 5.17. The lowest BCUT2D eigenvalue weighted by Crippen LogP contribution is -2.40. The molecule has 3 N–H and O–H groups in total. The van der Waals surface area contributed by atoms with Crippen molar-refractivity contribution in [1.29, 1.82) is 0 Å². The lowest BCUT2D eigenvalue weighted by Gasteiger charge is -2.23. The minimum atomic E-state index is 0.355. The smallest absolute Gasteiger partial charge is 0.122 e. The van der Waals surface area contributed by atoms with E-state index in [1.807, 2.05) is 18.2 Å². The van der Waals surface area contributed by atoms with Crippen LogP contribution in [0.2, 0.25) is 0 Å². The number of methoxy groups -OCH3 is 2. The third-order valence-electron chi connectivity index (χ3n) is 3.36. The minimum absolute atomic E-state index is 0.355. The Morgan fingerprint density at radius 1 is 1.25 bits per heavy atom. The maximum absolute atomic E-state index is 5.58. The second-order valence-corrected chi connectivity index (χ2v) is 5.17. The van der Waals surface area contributed by atoms with Crippen LogP contribution < -0.4 is 15.8 Å². The van der Waals surface area contributed by atoms with Gasteiger partial charge in [-0.05, 0) is 44.4 Å². The Balaban J connectivity index is 2.53. The average molecular weight is 280 g/mol. The molecule has 0 aliphatic carbocycles. The molecule has 4 heteroatoms. The van der Waals surface area contributed by atoms with Gasteiger partial charge in [-0.2, -0.15) is 0 Å². The molecule has 1 rings (SSSR count). The van der Waals surface area contributed by atoms with Crippen molar-refractivity contribution in [2.45, 2.75) is 38.3 Å². The molecule has 0 saturated heterocycles. The van der Waals surface area contributed by atoms with Crippen molar-refractivity contribution in [3.05, 3.63) is 29.8 Å². The molecule has 0 fully saturated rings. The Bertz CT molecular complexity index is 371. The number of nitrogens with two attached hydrogens (primary N) is 1. The number of para-hydroxylation sites is 1. The number of rotatable bonds is 10. The normalized spacial score (nSPS) is 14.0. The highest BCUT2D eigenvalue weighted by atomic mass is 16.5. The molecule has 1 aromatic rings. The van der Waals surface area contributed by atoms with Gasteiger partial charge in [0.25, 0.3) is 0 Å². The maximum atomic E-state index is 5.58. The van der Waals surface area contributed by atoms with Gasteiger partial charge in [0.2, 0.25) is 0 Å². The quantitative estimate of drug-likeness (QED) is 0.688. The summed E-state index contributed by atoms with van der Waals surface area (Å²) in [6, 6.07) is 8.88. The van der Waals surface area contributed by atoms with Crippen molar-refractivity contribution in [2.24, 2.45) is 5.73 Å². The molecule has 0 saturated carbocycles. The third kappa shape index (κ3) is 5.90. The molecule has 0 aromatic heterocycles. The number of hydrogen-bond donors (Lipinski definition) is 2. The van der Waals surface area contributed by atoms with Crippen LogP contribution in [0, 0.1) is 0 Å². The third-order valence-corrected chi connectivity index (χ3v) is 3.36. The van der Waals surface area contributed by atoms with E-state index in [0.717, 1.165) is 38.2 Å². The van der Waals surface area contributed by atoms with Gasteiger partial charge < -0.3 is 20.5 Å². The van der Waals surface area contributed by atoms with Gasteiger partial charge in [-0.1, -0.05) is 18.2 Å². The van der Waals surface area contributed by atoms with E-state index in [0.29, 0.717) is 12.1 Å². The molecule has 2 atom stereocenters. The number of ether oxygens (including phenoxy) is 2. The van der Waals surface area contributed by atoms with E-state index in [1.54, 1.807) is 14.2 Å². The molecular weight excluding hydrogens is 252 g/mol. The first kappa shape index (κ1) is 17.0. The topological polar surface area (TPSA) is 56.5 Å². The van der Waals surface area contributed by atoms with Gasteiger partial charge in [0.1, 0.15) is 5.75 Å². The summed E-state index contributed by atoms with van der Waals surface area (Å²) >= 11 is 0. The van der Waals surface area contributed by atoms with Crippen molar-refractivity contribution in [3.8, 4) is 5.75 Å². The maximum Gasteiger partial charge on any atom is 0.122 e. The van der Waals surface area contributed by atoms with E-state index >= 15 is 0 Å². The zero-order valence-corrected chi connectivity index (χ0v) is 12.9. The van der Waals surface area contributed by atoms with Crippen molar-refractivity contribution in [2.75, 3.05) is 27.4 Å². The van der Waals surface area contributed by atoms with Crippen molar-refractivity contribution in [3.63, 3.8) is 0 Å². The van der Waals surface area contributed by atoms with Crippen LogP contribution in [0.4, 0.5) is 0 Å². The highest BCUT2D eigenvalue weighted by molar-refractivity contribution is 5.33. The molecule has 0 spiro atoms. The largest absolute Gasteiger partial charge is 0.496 e. The molecule has 4 nitrogen and oxygen atoms in total. The van der Waals surface area contributed by atoms with Crippen LogP contribution >= 0.6 is 0 Å². The molecule has 2 unspecified atom stereocenters. The zero-order chi connectivity index (χ0) is 14.8. The molecule has 0 radical (unpaired) electrons. The van der Waals surface area contributed by atoms with Crippen LogP contribution in [-0.2, 0) is 11.2 Å². The lowest BCUT2D eigenvalue weighted by atomic mass is 10.0. The summed E-state index contributed by atoms with van der Waals surface area (Å²) in [5.41, 5.74) is 6.81. The van der Waals surface area contributed by atoms with Gasteiger partial charge in [0.05, 0.1) is 13.7 Å². The van der Waals surface area contributed by atoms with Gasteiger partial charge in [0, 0.05) is 19.2 Å². The van der Waals surface area contributed by atoms with Gasteiger partial charge in [0.15, 0.2) is 0 Å². The number of nitrogens with one attached hydrogen (secondary N) is 1. The SMILES string of the molecule is COCC(CCCN)NC(C)Cc1ccccc1OC. The van der Waals surface area contributed by atoms with Crippen molar-refractivity contribution < 1.29 is 9.47 Å². The Morgan fingerprint density at radius 2 is 2.00 bits per heavy atom. The van der Waals surface area contributed by atoms with E-state index in [4.69, 9.17) is 15.2 Å². The van der Waals surface area contributed by atoms with E-state index in [2.05, 4.69) is 18.3 Å². The Labute approximate surface area is 122 Å². The lowest BCUT2D eigenvalue weighted by molar-refractivity contribution is 0.156. The van der Waals surface area contributed by atoms with Crippen LogP contribution in [0.5, 0.6) is 5.75 Å². The van der Waals surface area contributed by atoms with Crippen LogP contribution in [-0.4, -0.2) is 39.5 Å². The van der Waals surface area contributed by atoms with E-state index in [9.17, 15) is 0 Å². The Morgan fingerprint density at radius 3 is 2.65 bits per heavy atom. The highest BCUT2D eigenvalue weighted by Crippen LogP contribution is 2.19. The minimum Gasteiger partial charge on any atom is -0.496 e. The van der Waals surface area contributed by atoms with E-state index in [1.165, 1.54) is 5.56 Å². The zero-order valence-electron chi connectivity index (χ0n) is 12.9. The van der Waals surface area contributed by atoms with E-state index in [-0.39, 0.29) is 0 Å². The first-order valence-corrected chi connectivity index (χ1v) is 7.28. The Hall–Kier alpha value is -1.10. The first-order valence-electron chi connectivity index (χ1n) is 7.28. The first-order chi connectivity index (χ1) is 9.71. The summed E-state index contributed by atoms with van der Waals surface area (Å²) < 4.78 is 10.7. The van der Waals surface area contributed by atoms with Crippen LogP contribution in [0.25, 0.3) is 0 Å². The van der Waals surface area contributed by atoms with Crippen molar-refractivity contribution in [1.82, 2.24) is 5.32 Å². The summed E-state index contributed by atoms with van der Waals surface area (Å²) in [4.78, 5) is 0. The summed E-state index contributed by atoms with van der Waals surface area (Å²) in [5, 5.41) is 3.62. The second kappa shape index (κ2) is 9.75. The Kier molecular flexibility index (Phi) is 8.26. The van der Waals surface area contributed by atoms with Gasteiger partial charge in [-0.25, -0.2) is 0 Å². The molecular formula is C16H28N2O2. The summed E-state index contributed by atoms with van der Waals surface area (Å²) in [6.07, 6.45) is 3.00. The fraction of sp³-hybridized carbons (Fsp3) is 0.625. The van der Waals surface area contributed by atoms with Crippen molar-refractivity contribution >= 4 is 0 Å². The van der Waals surface area contributed by atoms with E-state index < -0.39 is 0 Å². The molecule has 20 heavy (non-hydrogen) atoms. The molecule has 0 amide bonds. The van der Waals surface area contributed by atoms with Crippen LogP contribution in [0.3, 0.4) is 0 Å². The summed E-state index contributed by atoms with van der Waals surface area (Å²) in [6.45, 7) is 3.64. The fourth-order valence-electron chi connectivity index (χ4n) is 2.44. The molecule has 1 aromatic carbocycles. The fourth-order valence-corrected chi connectivity index (χ4v) is 2.44. The average Bonchev–Trinajstić information content (AvgIpc) is 2.45. The van der Waals surface area contributed by atoms with Gasteiger partial charge in [-0.3, -0.25) is 0 Å². The predicted octanol–water partition coefficient (Wildman–Crippen LogP) is 1.97. The van der Waals surface area contributed by atoms with Gasteiger partial charge in [-0.15, -0.1) is 0 Å².